The topological polar surface area (TPSA) is 108 Å². The molecule has 37 heavy (non-hydrogen) atoms. The van der Waals surface area contributed by atoms with Gasteiger partial charge in [-0.1, -0.05) is 6.07 Å². The molecule has 2 aromatic carbocycles. The highest BCUT2D eigenvalue weighted by Crippen LogP contribution is 2.24. The molecule has 3 N–H and O–H groups in total. The summed E-state index contributed by atoms with van der Waals surface area (Å²) in [7, 11) is -3.70. The summed E-state index contributed by atoms with van der Waals surface area (Å²) in [6, 6.07) is 13.6. The highest BCUT2D eigenvalue weighted by molar-refractivity contribution is 7.89. The Kier molecular flexibility index (Phi) is 6.76. The standard InChI is InChI=1S/C27H36N6O3S/c1-20-19-28-26(30-21-10-12-23(13-11-21)36-17-16-33-14-5-6-15-33)31-25(20)29-22-8-7-9-24(18-22)37(34,35)32-27(2,3)4/h7-13,18-19,32H,5-6,14-17H2,1-4H3,(H2,28,29,30,31)/i14D2,15D2. The van der Waals surface area contributed by atoms with Crippen LogP contribution in [0.2, 0.25) is 0 Å². The van der Waals surface area contributed by atoms with Crippen LogP contribution in [-0.2, 0) is 10.0 Å². The van der Waals surface area contributed by atoms with Crippen LogP contribution >= 0.6 is 0 Å². The van der Waals surface area contributed by atoms with Crippen molar-refractivity contribution < 1.29 is 18.6 Å². The molecule has 1 aliphatic rings. The SMILES string of the molecule is [2H]C1([2H])CCC([2H])([2H])N1CCOc1ccc(Nc2ncc(C)c(Nc3cccc(S(=O)(=O)NC(C)(C)C)c3)n2)cc1. The van der Waals surface area contributed by atoms with Crippen molar-refractivity contribution in [1.82, 2.24) is 19.6 Å². The third kappa shape index (κ3) is 7.88. The van der Waals surface area contributed by atoms with Crippen molar-refractivity contribution in [3.63, 3.8) is 0 Å². The Labute approximate surface area is 225 Å². The summed E-state index contributed by atoms with van der Waals surface area (Å²) in [4.78, 5) is 10.2. The van der Waals surface area contributed by atoms with E-state index in [-0.39, 0.29) is 30.9 Å². The van der Waals surface area contributed by atoms with Gasteiger partial charge in [-0.3, -0.25) is 4.90 Å². The Balaban J connectivity index is 1.38. The van der Waals surface area contributed by atoms with E-state index in [1.165, 1.54) is 11.0 Å². The number of nitrogens with one attached hydrogen (secondary N) is 3. The summed E-state index contributed by atoms with van der Waals surface area (Å²) < 4.78 is 66.0. The van der Waals surface area contributed by atoms with Gasteiger partial charge >= 0.3 is 0 Å². The van der Waals surface area contributed by atoms with Crippen molar-refractivity contribution in [2.75, 3.05) is 36.8 Å². The number of anilines is 4. The van der Waals surface area contributed by atoms with E-state index in [1.54, 1.807) is 69.4 Å². The molecule has 9 nitrogen and oxygen atoms in total. The first-order chi connectivity index (χ1) is 19.0. The zero-order chi connectivity index (χ0) is 30.1. The number of benzene rings is 2. The summed E-state index contributed by atoms with van der Waals surface area (Å²) in [6.07, 6.45) is 1.97. The van der Waals surface area contributed by atoms with Gasteiger partial charge < -0.3 is 15.4 Å². The lowest BCUT2D eigenvalue weighted by molar-refractivity contribution is 0.238. The van der Waals surface area contributed by atoms with E-state index in [4.69, 9.17) is 10.2 Å². The van der Waals surface area contributed by atoms with Crippen LogP contribution in [0.3, 0.4) is 0 Å². The number of hydrogen-bond donors (Lipinski definition) is 3. The van der Waals surface area contributed by atoms with Crippen molar-refractivity contribution >= 4 is 33.2 Å². The van der Waals surface area contributed by atoms with Crippen LogP contribution in [0, 0.1) is 6.92 Å². The van der Waals surface area contributed by atoms with E-state index in [1.807, 2.05) is 6.92 Å². The Morgan fingerprint density at radius 1 is 1.05 bits per heavy atom. The van der Waals surface area contributed by atoms with Crippen molar-refractivity contribution in [3.05, 3.63) is 60.3 Å². The maximum absolute atomic E-state index is 12.8. The van der Waals surface area contributed by atoms with Crippen LogP contribution in [0.15, 0.2) is 59.6 Å². The molecular weight excluding hydrogens is 488 g/mol. The number of aryl methyl sites for hydroxylation is 1. The van der Waals surface area contributed by atoms with Gasteiger partial charge in [-0.2, -0.15) is 4.98 Å². The predicted octanol–water partition coefficient (Wildman–Crippen LogP) is 4.82. The van der Waals surface area contributed by atoms with Gasteiger partial charge in [-0.15, -0.1) is 0 Å². The molecule has 198 valence electrons. The summed E-state index contributed by atoms with van der Waals surface area (Å²) in [6.45, 7) is 4.10. The maximum Gasteiger partial charge on any atom is 0.241 e. The first-order valence-electron chi connectivity index (χ1n) is 14.1. The minimum absolute atomic E-state index is 0.134. The number of likely N-dealkylation sites (tertiary alicyclic amines) is 1. The monoisotopic (exact) mass is 528 g/mol. The second-order valence-corrected chi connectivity index (χ2v) is 11.4. The van der Waals surface area contributed by atoms with E-state index in [0.29, 0.717) is 28.9 Å². The van der Waals surface area contributed by atoms with Gasteiger partial charge in [0.15, 0.2) is 0 Å². The molecule has 0 amide bonds. The van der Waals surface area contributed by atoms with Crippen molar-refractivity contribution in [3.8, 4) is 5.75 Å². The minimum Gasteiger partial charge on any atom is -0.492 e. The van der Waals surface area contributed by atoms with Gasteiger partial charge in [0.2, 0.25) is 16.0 Å². The molecule has 1 fully saturated rings. The third-order valence-corrected chi connectivity index (χ3v) is 7.00. The second kappa shape index (κ2) is 11.5. The molecule has 3 aromatic rings. The van der Waals surface area contributed by atoms with E-state index < -0.39 is 28.6 Å². The molecule has 0 spiro atoms. The van der Waals surface area contributed by atoms with Crippen molar-refractivity contribution in [2.45, 2.75) is 51.0 Å². The van der Waals surface area contributed by atoms with Gasteiger partial charge in [0.05, 0.1) is 4.90 Å². The molecule has 0 saturated carbocycles. The van der Waals surface area contributed by atoms with Gasteiger partial charge in [0.1, 0.15) is 18.2 Å². The summed E-state index contributed by atoms with van der Waals surface area (Å²) in [5, 5.41) is 6.32. The van der Waals surface area contributed by atoms with Crippen molar-refractivity contribution in [2.24, 2.45) is 0 Å². The number of sulfonamides is 1. The largest absolute Gasteiger partial charge is 0.492 e. The molecule has 2 heterocycles. The molecule has 1 saturated heterocycles. The van der Waals surface area contributed by atoms with Crippen LogP contribution in [0.4, 0.5) is 23.1 Å². The fraction of sp³-hybridized carbons (Fsp3) is 0.407. The third-order valence-electron chi connectivity index (χ3n) is 5.24. The first-order valence-corrected chi connectivity index (χ1v) is 13.5. The van der Waals surface area contributed by atoms with Crippen LogP contribution in [0.25, 0.3) is 0 Å². The van der Waals surface area contributed by atoms with Crippen LogP contribution in [0.1, 0.15) is 44.7 Å². The van der Waals surface area contributed by atoms with Crippen LogP contribution in [0.5, 0.6) is 5.75 Å². The first kappa shape index (κ1) is 21.8. The van der Waals surface area contributed by atoms with Gasteiger partial charge in [-0.25, -0.2) is 18.1 Å². The predicted molar refractivity (Wildman–Crippen MR) is 147 cm³/mol. The Bertz CT molecular complexity index is 1470. The van der Waals surface area contributed by atoms with Crippen LogP contribution in [-0.4, -0.2) is 55.0 Å². The van der Waals surface area contributed by atoms with E-state index in [9.17, 15) is 8.42 Å². The van der Waals surface area contributed by atoms with E-state index in [2.05, 4.69) is 25.3 Å². The highest BCUT2D eigenvalue weighted by Gasteiger charge is 2.22. The molecule has 0 radical (unpaired) electrons. The Hall–Kier alpha value is -3.21. The van der Waals surface area contributed by atoms with E-state index in [0.717, 1.165) is 5.56 Å². The average molecular weight is 529 g/mol. The Morgan fingerprint density at radius 2 is 1.78 bits per heavy atom. The fourth-order valence-electron chi connectivity index (χ4n) is 3.58. The number of rotatable bonds is 10. The maximum atomic E-state index is 12.8. The van der Waals surface area contributed by atoms with Gasteiger partial charge in [0, 0.05) is 40.7 Å². The molecule has 0 aliphatic carbocycles. The second-order valence-electron chi connectivity index (χ2n) is 9.70. The molecular formula is C27H36N6O3S. The zero-order valence-corrected chi connectivity index (χ0v) is 22.3. The Morgan fingerprint density at radius 3 is 2.49 bits per heavy atom. The molecule has 0 atom stereocenters. The molecule has 1 aliphatic heterocycles. The normalized spacial score (nSPS) is 18.8. The summed E-state index contributed by atoms with van der Waals surface area (Å²) in [5.41, 5.74) is 1.43. The minimum atomic E-state index is -3.70. The zero-order valence-electron chi connectivity index (χ0n) is 25.5. The average Bonchev–Trinajstić information content (AvgIpc) is 3.08. The van der Waals surface area contributed by atoms with E-state index >= 15 is 0 Å². The molecule has 4 rings (SSSR count). The van der Waals surface area contributed by atoms with Crippen molar-refractivity contribution in [1.29, 1.82) is 0 Å². The number of nitrogens with zero attached hydrogens (tertiary/aromatic N) is 3. The molecule has 0 unspecified atom stereocenters. The quantitative estimate of drug-likeness (QED) is 0.344. The highest BCUT2D eigenvalue weighted by atomic mass is 32.2. The van der Waals surface area contributed by atoms with Crippen LogP contribution < -0.4 is 20.1 Å². The molecule has 0 bridgehead atoms. The lowest BCUT2D eigenvalue weighted by Crippen LogP contribution is -2.40. The number of aromatic nitrogens is 2. The molecule has 1 aromatic heterocycles. The number of hydrogen-bond acceptors (Lipinski definition) is 8. The number of ether oxygens (including phenoxy) is 1. The lowest BCUT2D eigenvalue weighted by atomic mass is 10.1. The summed E-state index contributed by atoms with van der Waals surface area (Å²) >= 11 is 0. The van der Waals surface area contributed by atoms with Gasteiger partial charge in [-0.05, 0) is 96.0 Å². The molecule has 10 heteroatoms. The lowest BCUT2D eigenvalue weighted by Gasteiger charge is -2.20. The fourth-order valence-corrected chi connectivity index (χ4v) is 5.05. The smallest absolute Gasteiger partial charge is 0.241 e. The van der Waals surface area contributed by atoms with Gasteiger partial charge in [0.25, 0.3) is 0 Å². The summed E-state index contributed by atoms with van der Waals surface area (Å²) in [5.74, 6) is 1.42.